The lowest BCUT2D eigenvalue weighted by Gasteiger charge is -2.37. The van der Waals surface area contributed by atoms with Crippen molar-refractivity contribution in [3.63, 3.8) is 0 Å². The molecule has 148 valence electrons. The first-order valence-electron chi connectivity index (χ1n) is 9.44. The molecule has 0 aromatic carbocycles. The third kappa shape index (κ3) is 6.30. The molecule has 0 N–H and O–H groups in total. The number of rotatable bonds is 5. The van der Waals surface area contributed by atoms with Crippen molar-refractivity contribution < 1.29 is 19.1 Å². The fourth-order valence-corrected chi connectivity index (χ4v) is 3.03. The summed E-state index contributed by atoms with van der Waals surface area (Å²) in [6.45, 7) is 19.6. The molecule has 0 aromatic heterocycles. The molecule has 4 nitrogen and oxygen atoms in total. The van der Waals surface area contributed by atoms with Gasteiger partial charge in [0.15, 0.2) is 0 Å². The van der Waals surface area contributed by atoms with Crippen LogP contribution in [-0.4, -0.2) is 24.6 Å². The zero-order chi connectivity index (χ0) is 20.3. The summed E-state index contributed by atoms with van der Waals surface area (Å²) in [6, 6.07) is 0. The van der Waals surface area contributed by atoms with Crippen molar-refractivity contribution in [2.75, 3.05) is 6.61 Å². The van der Waals surface area contributed by atoms with Crippen LogP contribution in [0.5, 0.6) is 0 Å². The Hall–Kier alpha value is -1.58. The molecule has 1 aliphatic rings. The van der Waals surface area contributed by atoms with E-state index in [2.05, 4.69) is 13.5 Å². The van der Waals surface area contributed by atoms with Crippen molar-refractivity contribution in [3.8, 4) is 0 Å². The largest absolute Gasteiger partial charge is 0.465 e. The topological polar surface area (TPSA) is 52.6 Å². The fraction of sp³-hybridized carbons (Fsp3) is 0.727. The van der Waals surface area contributed by atoms with Crippen LogP contribution in [0.15, 0.2) is 23.8 Å². The summed E-state index contributed by atoms with van der Waals surface area (Å²) in [4.78, 5) is 24.4. The molecule has 0 amide bonds. The van der Waals surface area contributed by atoms with Crippen LogP contribution in [0.4, 0.5) is 0 Å². The minimum atomic E-state index is -0.554. The second-order valence-corrected chi connectivity index (χ2v) is 9.63. The van der Waals surface area contributed by atoms with Gasteiger partial charge in [-0.2, -0.15) is 0 Å². The fourth-order valence-electron chi connectivity index (χ4n) is 3.03. The quantitative estimate of drug-likeness (QED) is 0.504. The van der Waals surface area contributed by atoms with E-state index >= 15 is 0 Å². The normalized spacial score (nSPS) is 23.8. The van der Waals surface area contributed by atoms with Crippen molar-refractivity contribution in [1.82, 2.24) is 0 Å². The summed E-state index contributed by atoms with van der Waals surface area (Å²) in [6.07, 6.45) is 3.27. The minimum absolute atomic E-state index is 0.0651. The predicted molar refractivity (Wildman–Crippen MR) is 105 cm³/mol. The van der Waals surface area contributed by atoms with E-state index in [4.69, 9.17) is 9.47 Å². The molecule has 0 saturated carbocycles. The van der Waals surface area contributed by atoms with Gasteiger partial charge in [0.1, 0.15) is 6.10 Å². The molecule has 0 saturated heterocycles. The van der Waals surface area contributed by atoms with Crippen LogP contribution >= 0.6 is 0 Å². The van der Waals surface area contributed by atoms with E-state index in [1.807, 2.05) is 54.5 Å². The number of carbonyl (C=O) groups is 2. The highest BCUT2D eigenvalue weighted by molar-refractivity contribution is 5.76. The van der Waals surface area contributed by atoms with E-state index < -0.39 is 10.8 Å². The predicted octanol–water partition coefficient (Wildman–Crippen LogP) is 5.08. The highest BCUT2D eigenvalue weighted by atomic mass is 16.5. The third-order valence-electron chi connectivity index (χ3n) is 4.71. The Labute approximate surface area is 159 Å². The van der Waals surface area contributed by atoms with Crippen LogP contribution in [0.2, 0.25) is 0 Å². The smallest absolute Gasteiger partial charge is 0.311 e. The summed E-state index contributed by atoms with van der Waals surface area (Å²) in [5.41, 5.74) is 1.20. The van der Waals surface area contributed by atoms with Crippen LogP contribution in [0.3, 0.4) is 0 Å². The summed E-state index contributed by atoms with van der Waals surface area (Å²) in [5.74, 6) is -0.151. The summed E-state index contributed by atoms with van der Waals surface area (Å²) < 4.78 is 11.3. The first-order valence-corrected chi connectivity index (χ1v) is 9.44. The molecule has 3 atom stereocenters. The Morgan fingerprint density at radius 2 is 1.65 bits per heavy atom. The summed E-state index contributed by atoms with van der Waals surface area (Å²) in [5, 5.41) is 0. The maximum Gasteiger partial charge on any atom is 0.311 e. The highest BCUT2D eigenvalue weighted by Gasteiger charge is 2.37. The molecule has 0 unspecified atom stereocenters. The molecule has 0 fully saturated rings. The van der Waals surface area contributed by atoms with E-state index in [1.54, 1.807) is 0 Å². The van der Waals surface area contributed by atoms with E-state index in [1.165, 1.54) is 5.57 Å². The van der Waals surface area contributed by atoms with Crippen LogP contribution in [-0.2, 0) is 19.1 Å². The van der Waals surface area contributed by atoms with Gasteiger partial charge in [-0.1, -0.05) is 17.7 Å². The van der Waals surface area contributed by atoms with Crippen molar-refractivity contribution in [2.24, 2.45) is 22.7 Å². The Morgan fingerprint density at radius 1 is 1.12 bits per heavy atom. The SMILES string of the molecule is C=C(C)[C@@H]1CC(C)=C[C@H](OC(=O)C(C)(C)C)[C@H]1CCOC(=O)C(C)(C)C. The Bertz CT molecular complexity index is 572. The van der Waals surface area contributed by atoms with Crippen LogP contribution < -0.4 is 0 Å². The minimum Gasteiger partial charge on any atom is -0.465 e. The lowest BCUT2D eigenvalue weighted by molar-refractivity contribution is -0.161. The van der Waals surface area contributed by atoms with Crippen molar-refractivity contribution >= 4 is 11.9 Å². The van der Waals surface area contributed by atoms with E-state index in [9.17, 15) is 9.59 Å². The molecule has 0 spiro atoms. The number of hydrogen-bond acceptors (Lipinski definition) is 4. The second kappa shape index (κ2) is 8.41. The average Bonchev–Trinajstić information content (AvgIpc) is 2.46. The Morgan fingerprint density at radius 3 is 2.12 bits per heavy atom. The van der Waals surface area contributed by atoms with Crippen LogP contribution in [0.1, 0.15) is 68.2 Å². The summed E-state index contributed by atoms with van der Waals surface area (Å²) >= 11 is 0. The number of ether oxygens (including phenoxy) is 2. The molecule has 26 heavy (non-hydrogen) atoms. The molecule has 0 heterocycles. The van der Waals surface area contributed by atoms with Gasteiger partial charge in [0, 0.05) is 5.92 Å². The maximum absolute atomic E-state index is 12.4. The van der Waals surface area contributed by atoms with Gasteiger partial charge in [0.25, 0.3) is 0 Å². The Kier molecular flexibility index (Phi) is 7.26. The van der Waals surface area contributed by atoms with E-state index in [0.29, 0.717) is 13.0 Å². The first-order chi connectivity index (χ1) is 11.7. The van der Waals surface area contributed by atoms with Gasteiger partial charge in [-0.3, -0.25) is 9.59 Å². The molecule has 0 bridgehead atoms. The zero-order valence-electron chi connectivity index (χ0n) is 17.8. The molecule has 0 radical (unpaired) electrons. The molecular weight excluding hydrogens is 328 g/mol. The molecular formula is C22H36O4. The molecule has 0 aliphatic heterocycles. The number of allylic oxidation sites excluding steroid dienone is 2. The molecule has 1 aliphatic carbocycles. The highest BCUT2D eigenvalue weighted by Crippen LogP contribution is 2.38. The average molecular weight is 365 g/mol. The van der Waals surface area contributed by atoms with E-state index in [0.717, 1.165) is 12.0 Å². The zero-order valence-corrected chi connectivity index (χ0v) is 17.8. The summed E-state index contributed by atoms with van der Waals surface area (Å²) in [7, 11) is 0. The van der Waals surface area contributed by atoms with Crippen LogP contribution in [0.25, 0.3) is 0 Å². The molecule has 4 heteroatoms. The number of hydrogen-bond donors (Lipinski definition) is 0. The third-order valence-corrected chi connectivity index (χ3v) is 4.71. The Balaban J connectivity index is 2.92. The van der Waals surface area contributed by atoms with Gasteiger partial charge in [0.2, 0.25) is 0 Å². The molecule has 1 rings (SSSR count). The van der Waals surface area contributed by atoms with Gasteiger partial charge in [-0.05, 0) is 80.2 Å². The van der Waals surface area contributed by atoms with Crippen molar-refractivity contribution in [1.29, 1.82) is 0 Å². The van der Waals surface area contributed by atoms with Crippen molar-refractivity contribution in [2.45, 2.75) is 74.3 Å². The first kappa shape index (κ1) is 22.5. The monoisotopic (exact) mass is 364 g/mol. The lowest BCUT2D eigenvalue weighted by Crippen LogP contribution is -2.38. The second-order valence-electron chi connectivity index (χ2n) is 9.63. The van der Waals surface area contributed by atoms with Gasteiger partial charge in [0.05, 0.1) is 17.4 Å². The number of carbonyl (C=O) groups excluding carboxylic acids is 2. The van der Waals surface area contributed by atoms with Gasteiger partial charge in [-0.25, -0.2) is 0 Å². The maximum atomic E-state index is 12.4. The van der Waals surface area contributed by atoms with E-state index in [-0.39, 0.29) is 29.9 Å². The van der Waals surface area contributed by atoms with Gasteiger partial charge < -0.3 is 9.47 Å². The van der Waals surface area contributed by atoms with Gasteiger partial charge in [-0.15, -0.1) is 0 Å². The van der Waals surface area contributed by atoms with Gasteiger partial charge >= 0.3 is 11.9 Å². The molecule has 0 aromatic rings. The van der Waals surface area contributed by atoms with Crippen LogP contribution in [0, 0.1) is 22.7 Å². The van der Waals surface area contributed by atoms with Crippen molar-refractivity contribution in [3.05, 3.63) is 23.8 Å². The number of esters is 2. The standard InChI is InChI=1S/C22H36O4/c1-14(2)17-12-15(3)13-18(26-20(24)22(7,8)9)16(17)10-11-25-19(23)21(4,5)6/h13,16-18H,1,10-12H2,2-9H3/t16-,17-,18-/m0/s1. The lowest BCUT2D eigenvalue weighted by atomic mass is 9.73.